The average Bonchev–Trinajstić information content (AvgIpc) is 3.45. The molecule has 0 fully saturated rings. The molecule has 8 heteroatoms. The van der Waals surface area contributed by atoms with E-state index in [-0.39, 0.29) is 23.5 Å². The molecule has 0 saturated heterocycles. The summed E-state index contributed by atoms with van der Waals surface area (Å²) in [4.78, 5) is 41.1. The number of esters is 1. The van der Waals surface area contributed by atoms with Crippen LogP contribution < -0.4 is 4.90 Å². The van der Waals surface area contributed by atoms with Crippen molar-refractivity contribution in [2.75, 3.05) is 11.5 Å². The number of ketones is 1. The lowest BCUT2D eigenvalue weighted by Crippen LogP contribution is -2.31. The maximum absolute atomic E-state index is 13.8. The van der Waals surface area contributed by atoms with Crippen LogP contribution in [0.15, 0.2) is 88.5 Å². The van der Waals surface area contributed by atoms with Crippen LogP contribution in [-0.2, 0) is 9.53 Å². The third-order valence-electron chi connectivity index (χ3n) is 6.31. The minimum absolute atomic E-state index is 0.0342. The number of fused-ring (bicyclic) bond motifs is 1. The molecule has 192 valence electrons. The van der Waals surface area contributed by atoms with E-state index in [1.54, 1.807) is 42.5 Å². The predicted molar refractivity (Wildman–Crippen MR) is 144 cm³/mol. The van der Waals surface area contributed by atoms with E-state index in [1.165, 1.54) is 17.0 Å². The lowest BCUT2D eigenvalue weighted by Gasteiger charge is -2.27. The van der Waals surface area contributed by atoms with Crippen LogP contribution in [0, 0.1) is 6.92 Å². The van der Waals surface area contributed by atoms with Gasteiger partial charge >= 0.3 is 5.97 Å². The molecule has 1 atom stereocenters. The van der Waals surface area contributed by atoms with Gasteiger partial charge in [0.25, 0.3) is 5.91 Å². The Labute approximate surface area is 223 Å². The molecule has 7 nitrogen and oxygen atoms in total. The van der Waals surface area contributed by atoms with Crippen molar-refractivity contribution in [2.24, 2.45) is 0 Å². The lowest BCUT2D eigenvalue weighted by molar-refractivity contribution is -0.117. The summed E-state index contributed by atoms with van der Waals surface area (Å²) in [5, 5.41) is 12.1. The number of ether oxygens (including phenoxy) is 1. The Morgan fingerprint density at radius 1 is 1.05 bits per heavy atom. The summed E-state index contributed by atoms with van der Waals surface area (Å²) in [5.74, 6) is -2.64. The van der Waals surface area contributed by atoms with Gasteiger partial charge in [0.2, 0.25) is 5.78 Å². The molecule has 1 aliphatic heterocycles. The van der Waals surface area contributed by atoms with Crippen molar-refractivity contribution in [3.8, 4) is 0 Å². The highest BCUT2D eigenvalue weighted by molar-refractivity contribution is 6.31. The van der Waals surface area contributed by atoms with Gasteiger partial charge in [-0.25, -0.2) is 4.79 Å². The Bertz CT molecular complexity index is 1620. The first-order valence-electron chi connectivity index (χ1n) is 12.1. The van der Waals surface area contributed by atoms with E-state index >= 15 is 0 Å². The van der Waals surface area contributed by atoms with Crippen LogP contribution in [0.5, 0.6) is 0 Å². The molecule has 1 aliphatic rings. The average molecular weight is 530 g/mol. The van der Waals surface area contributed by atoms with Crippen LogP contribution in [0.4, 0.5) is 5.69 Å². The Morgan fingerprint density at radius 3 is 2.61 bits per heavy atom. The summed E-state index contributed by atoms with van der Waals surface area (Å²) < 4.78 is 11.0. The van der Waals surface area contributed by atoms with Gasteiger partial charge in [-0.05, 0) is 61.4 Å². The predicted octanol–water partition coefficient (Wildman–Crippen LogP) is 6.74. The zero-order valence-electron chi connectivity index (χ0n) is 20.7. The normalized spacial score (nSPS) is 15.4. The molecule has 5 rings (SSSR count). The molecule has 1 aromatic heterocycles. The number of halogens is 1. The van der Waals surface area contributed by atoms with Gasteiger partial charge in [-0.1, -0.05) is 54.4 Å². The van der Waals surface area contributed by atoms with E-state index in [4.69, 9.17) is 20.8 Å². The molecule has 0 radical (unpaired) electrons. The fourth-order valence-corrected chi connectivity index (χ4v) is 4.76. The topological polar surface area (TPSA) is 97.0 Å². The molecule has 0 saturated carbocycles. The monoisotopic (exact) mass is 529 g/mol. The summed E-state index contributed by atoms with van der Waals surface area (Å²) in [6.07, 6.45) is 0.669. The van der Waals surface area contributed by atoms with Crippen LogP contribution >= 0.6 is 11.6 Å². The van der Waals surface area contributed by atoms with Crippen molar-refractivity contribution in [3.05, 3.63) is 112 Å². The third kappa shape index (κ3) is 4.57. The number of carbonyl (C=O) groups is 3. The Morgan fingerprint density at radius 2 is 1.84 bits per heavy atom. The summed E-state index contributed by atoms with van der Waals surface area (Å²) in [6.45, 7) is 4.05. The molecular formula is C30H24ClNO6. The van der Waals surface area contributed by atoms with Crippen LogP contribution in [0.1, 0.15) is 51.4 Å². The van der Waals surface area contributed by atoms with Gasteiger partial charge in [-0.2, -0.15) is 0 Å². The smallest absolute Gasteiger partial charge is 0.338 e. The summed E-state index contributed by atoms with van der Waals surface area (Å²) in [5.41, 5.74) is 2.43. The summed E-state index contributed by atoms with van der Waals surface area (Å²) in [7, 11) is 0. The SMILES string of the molecule is CCCOC(=O)c1cccc(N2C(=O)C(O)=C(C(=O)c3cc4cc(Cl)ccc4o3)C2c2cccc(C)c2)c1. The minimum atomic E-state index is -0.964. The molecule has 0 spiro atoms. The first-order chi connectivity index (χ1) is 18.3. The summed E-state index contributed by atoms with van der Waals surface area (Å²) in [6, 6.07) is 19.2. The largest absolute Gasteiger partial charge is 0.503 e. The highest BCUT2D eigenvalue weighted by atomic mass is 35.5. The molecule has 3 aromatic carbocycles. The number of aliphatic hydroxyl groups is 1. The third-order valence-corrected chi connectivity index (χ3v) is 6.55. The number of carbonyl (C=O) groups excluding carboxylic acids is 3. The second kappa shape index (κ2) is 10.2. The van der Waals surface area contributed by atoms with Crippen molar-refractivity contribution < 1.29 is 28.6 Å². The standard InChI is InChI=1S/C30H24ClNO6/c1-3-12-37-30(36)19-8-5-9-22(15-19)32-26(18-7-4-6-17(2)13-18)25(28(34)29(32)35)27(33)24-16-20-14-21(31)10-11-23(20)38-24/h4-11,13-16,26,34H,3,12H2,1-2H3. The zero-order chi connectivity index (χ0) is 27.0. The second-order valence-corrected chi connectivity index (χ2v) is 9.50. The number of furan rings is 1. The molecular weight excluding hydrogens is 506 g/mol. The van der Waals surface area contributed by atoms with Crippen molar-refractivity contribution in [1.82, 2.24) is 0 Å². The van der Waals surface area contributed by atoms with Crippen LogP contribution in [-0.4, -0.2) is 29.4 Å². The highest BCUT2D eigenvalue weighted by Crippen LogP contribution is 2.42. The summed E-state index contributed by atoms with van der Waals surface area (Å²) >= 11 is 6.08. The number of nitrogens with zero attached hydrogens (tertiary/aromatic N) is 1. The number of rotatable bonds is 7. The molecule has 38 heavy (non-hydrogen) atoms. The Hall–Kier alpha value is -4.36. The second-order valence-electron chi connectivity index (χ2n) is 9.06. The number of benzene rings is 3. The number of aliphatic hydroxyl groups excluding tert-OH is 1. The van der Waals surface area contributed by atoms with Crippen molar-refractivity contribution >= 4 is 45.9 Å². The van der Waals surface area contributed by atoms with Gasteiger partial charge in [0.1, 0.15) is 5.58 Å². The molecule has 0 aliphatic carbocycles. The van der Waals surface area contributed by atoms with Gasteiger partial charge in [0.05, 0.1) is 23.8 Å². The van der Waals surface area contributed by atoms with Gasteiger partial charge in [0.15, 0.2) is 11.5 Å². The maximum Gasteiger partial charge on any atom is 0.338 e. The zero-order valence-corrected chi connectivity index (χ0v) is 21.5. The van der Waals surface area contributed by atoms with Gasteiger partial charge < -0.3 is 14.3 Å². The molecule has 1 N–H and O–H groups in total. The lowest BCUT2D eigenvalue weighted by atomic mass is 9.93. The maximum atomic E-state index is 13.8. The van der Waals surface area contributed by atoms with Crippen molar-refractivity contribution in [1.29, 1.82) is 0 Å². The quantitative estimate of drug-likeness (QED) is 0.210. The van der Waals surface area contributed by atoms with E-state index in [1.807, 2.05) is 32.0 Å². The Balaban J connectivity index is 1.61. The van der Waals surface area contributed by atoms with Gasteiger partial charge in [0, 0.05) is 16.1 Å². The van der Waals surface area contributed by atoms with Crippen LogP contribution in [0.2, 0.25) is 5.02 Å². The van der Waals surface area contributed by atoms with Crippen molar-refractivity contribution in [2.45, 2.75) is 26.3 Å². The number of aryl methyl sites for hydroxylation is 1. The van der Waals surface area contributed by atoms with E-state index < -0.39 is 29.5 Å². The number of hydrogen-bond donors (Lipinski definition) is 1. The minimum Gasteiger partial charge on any atom is -0.503 e. The fourth-order valence-electron chi connectivity index (χ4n) is 4.58. The molecule has 2 heterocycles. The van der Waals surface area contributed by atoms with E-state index in [9.17, 15) is 19.5 Å². The number of Topliss-reactive ketones (excluding diaryl/α,β-unsaturated/α-hetero) is 1. The highest BCUT2D eigenvalue weighted by Gasteiger charge is 2.45. The van der Waals surface area contributed by atoms with Gasteiger partial charge in [-0.3, -0.25) is 14.5 Å². The molecule has 1 amide bonds. The van der Waals surface area contributed by atoms with E-state index in [0.717, 1.165) is 5.56 Å². The fraction of sp³-hybridized carbons (Fsp3) is 0.167. The van der Waals surface area contributed by atoms with Crippen molar-refractivity contribution in [3.63, 3.8) is 0 Å². The van der Waals surface area contributed by atoms with E-state index in [2.05, 4.69) is 0 Å². The molecule has 0 bridgehead atoms. The number of hydrogen-bond acceptors (Lipinski definition) is 6. The van der Waals surface area contributed by atoms with E-state index in [0.29, 0.717) is 33.7 Å². The first kappa shape index (κ1) is 25.3. The van der Waals surface area contributed by atoms with Gasteiger partial charge in [-0.15, -0.1) is 0 Å². The Kier molecular flexibility index (Phi) is 6.78. The first-order valence-corrected chi connectivity index (χ1v) is 12.5. The van der Waals surface area contributed by atoms with Crippen LogP contribution in [0.3, 0.4) is 0 Å². The number of amides is 1. The molecule has 4 aromatic rings. The molecule has 1 unspecified atom stereocenters. The van der Waals surface area contributed by atoms with Crippen LogP contribution in [0.25, 0.3) is 11.0 Å². The number of anilines is 1.